The van der Waals surface area contributed by atoms with Gasteiger partial charge in [-0.1, -0.05) is 87.6 Å². The first-order valence-electron chi connectivity index (χ1n) is 7.62. The van der Waals surface area contributed by atoms with Crippen LogP contribution in [0.15, 0.2) is 48.6 Å². The minimum absolute atomic E-state index is 0.661. The largest absolute Gasteiger partial charge is 0.0773 e. The van der Waals surface area contributed by atoms with E-state index < -0.39 is 0 Å². The number of unbranched alkanes of at least 4 members (excludes halogenated alkanes) is 4. The summed E-state index contributed by atoms with van der Waals surface area (Å²) < 4.78 is 0. The third kappa shape index (κ3) is 3.73. The summed E-state index contributed by atoms with van der Waals surface area (Å²) in [6.07, 6.45) is 26.6. The van der Waals surface area contributed by atoms with Gasteiger partial charge in [-0.3, -0.25) is 0 Å². The monoisotopic (exact) mass is 242 g/mol. The lowest BCUT2D eigenvalue weighted by molar-refractivity contribution is 0.352. The predicted octanol–water partition coefficient (Wildman–Crippen LogP) is 5.45. The minimum Gasteiger partial charge on any atom is -0.0773 e. The van der Waals surface area contributed by atoms with Crippen LogP contribution in [0.3, 0.4) is 0 Å². The molecule has 0 bridgehead atoms. The highest BCUT2D eigenvalue weighted by molar-refractivity contribution is 5.24. The van der Waals surface area contributed by atoms with E-state index in [0.717, 1.165) is 5.92 Å². The Morgan fingerprint density at radius 1 is 0.722 bits per heavy atom. The van der Waals surface area contributed by atoms with Gasteiger partial charge in [0.1, 0.15) is 0 Å². The molecule has 0 N–H and O–H groups in total. The van der Waals surface area contributed by atoms with Crippen LogP contribution in [-0.4, -0.2) is 0 Å². The molecule has 0 aromatic carbocycles. The zero-order chi connectivity index (χ0) is 12.6. The molecule has 0 heterocycles. The molecule has 0 radical (unpaired) electrons. The van der Waals surface area contributed by atoms with Crippen molar-refractivity contribution in [3.8, 4) is 0 Å². The molecule has 2 aliphatic rings. The van der Waals surface area contributed by atoms with E-state index in [4.69, 9.17) is 0 Å². The molecular formula is C18H26. The summed E-state index contributed by atoms with van der Waals surface area (Å²) in [7, 11) is 0. The number of allylic oxidation sites excluding steroid dienone is 8. The van der Waals surface area contributed by atoms with Crippen LogP contribution in [0.25, 0.3) is 0 Å². The highest BCUT2D eigenvalue weighted by atomic mass is 14.3. The Kier molecular flexibility index (Phi) is 5.51. The average molecular weight is 242 g/mol. The fourth-order valence-electron chi connectivity index (χ4n) is 3.09. The van der Waals surface area contributed by atoms with Crippen LogP contribution in [0.4, 0.5) is 0 Å². The number of rotatable bonds is 8. The van der Waals surface area contributed by atoms with E-state index in [9.17, 15) is 0 Å². The van der Waals surface area contributed by atoms with Gasteiger partial charge in [0.05, 0.1) is 0 Å². The van der Waals surface area contributed by atoms with Gasteiger partial charge in [0.2, 0.25) is 0 Å². The quantitative estimate of drug-likeness (QED) is 0.497. The van der Waals surface area contributed by atoms with Crippen molar-refractivity contribution in [2.45, 2.75) is 45.4 Å². The summed E-state index contributed by atoms with van der Waals surface area (Å²) in [5.41, 5.74) is 0. The molecule has 0 aromatic rings. The second-order valence-corrected chi connectivity index (χ2v) is 5.56. The lowest BCUT2D eigenvalue weighted by Gasteiger charge is -2.25. The van der Waals surface area contributed by atoms with Crippen LogP contribution in [-0.2, 0) is 0 Å². The lowest BCUT2D eigenvalue weighted by atomic mass is 9.79. The van der Waals surface area contributed by atoms with Gasteiger partial charge in [-0.05, 0) is 24.2 Å². The summed E-state index contributed by atoms with van der Waals surface area (Å²) in [5, 5.41) is 0. The van der Waals surface area contributed by atoms with Gasteiger partial charge >= 0.3 is 0 Å². The van der Waals surface area contributed by atoms with E-state index in [2.05, 4.69) is 55.5 Å². The van der Waals surface area contributed by atoms with E-state index in [1.807, 2.05) is 0 Å². The molecule has 2 rings (SSSR count). The SMILES string of the molecule is CCCCCCCC(C1C=CC=C1)C1C=CC=C1. The van der Waals surface area contributed by atoms with Crippen molar-refractivity contribution in [2.75, 3.05) is 0 Å². The van der Waals surface area contributed by atoms with Crippen LogP contribution in [0.2, 0.25) is 0 Å². The van der Waals surface area contributed by atoms with Gasteiger partial charge in [-0.2, -0.15) is 0 Å². The molecule has 0 saturated heterocycles. The topological polar surface area (TPSA) is 0 Å². The standard InChI is InChI=1S/C18H26/c1-2-3-4-5-6-15-18(16-11-7-8-12-16)17-13-9-10-14-17/h7-14,16-18H,2-6,15H2,1H3. The van der Waals surface area contributed by atoms with Crippen molar-refractivity contribution in [1.82, 2.24) is 0 Å². The molecule has 2 aliphatic carbocycles. The first kappa shape index (κ1) is 13.4. The van der Waals surface area contributed by atoms with E-state index in [1.165, 1.54) is 38.5 Å². The first-order chi connectivity index (χ1) is 8.92. The molecule has 0 unspecified atom stereocenters. The fraction of sp³-hybridized carbons (Fsp3) is 0.556. The Balaban J connectivity index is 1.81. The predicted molar refractivity (Wildman–Crippen MR) is 80.4 cm³/mol. The third-order valence-electron chi connectivity index (χ3n) is 4.19. The molecule has 0 fully saturated rings. The molecule has 0 atom stereocenters. The van der Waals surface area contributed by atoms with Crippen molar-refractivity contribution >= 4 is 0 Å². The Hall–Kier alpha value is -1.04. The van der Waals surface area contributed by atoms with Crippen molar-refractivity contribution in [1.29, 1.82) is 0 Å². The van der Waals surface area contributed by atoms with Crippen molar-refractivity contribution in [3.63, 3.8) is 0 Å². The molecule has 0 aromatic heterocycles. The molecule has 0 nitrogen and oxygen atoms in total. The normalized spacial score (nSPS) is 18.8. The summed E-state index contributed by atoms with van der Waals surface area (Å²) in [5.74, 6) is 2.10. The second-order valence-electron chi connectivity index (χ2n) is 5.56. The molecule has 98 valence electrons. The molecule has 18 heavy (non-hydrogen) atoms. The van der Waals surface area contributed by atoms with E-state index in [0.29, 0.717) is 11.8 Å². The maximum atomic E-state index is 2.37. The maximum Gasteiger partial charge on any atom is -0.00103 e. The summed E-state index contributed by atoms with van der Waals surface area (Å²) >= 11 is 0. The van der Waals surface area contributed by atoms with Gasteiger partial charge in [0.25, 0.3) is 0 Å². The summed E-state index contributed by atoms with van der Waals surface area (Å²) in [4.78, 5) is 0. The van der Waals surface area contributed by atoms with Crippen LogP contribution in [0.5, 0.6) is 0 Å². The minimum atomic E-state index is 0.661. The molecule has 0 amide bonds. The Bertz CT molecular complexity index is 291. The van der Waals surface area contributed by atoms with Crippen molar-refractivity contribution in [3.05, 3.63) is 48.6 Å². The van der Waals surface area contributed by atoms with Gasteiger partial charge in [0.15, 0.2) is 0 Å². The third-order valence-corrected chi connectivity index (χ3v) is 4.19. The number of hydrogen-bond donors (Lipinski definition) is 0. The summed E-state index contributed by atoms with van der Waals surface area (Å²) in [6.45, 7) is 2.28. The second kappa shape index (κ2) is 7.41. The van der Waals surface area contributed by atoms with Crippen LogP contribution in [0, 0.1) is 17.8 Å². The first-order valence-corrected chi connectivity index (χ1v) is 7.62. The molecule has 0 spiro atoms. The Labute approximate surface area is 112 Å². The zero-order valence-electron chi connectivity index (χ0n) is 11.6. The molecule has 0 aliphatic heterocycles. The van der Waals surface area contributed by atoms with Gasteiger partial charge in [0, 0.05) is 0 Å². The summed E-state index contributed by atoms with van der Waals surface area (Å²) in [6, 6.07) is 0. The van der Waals surface area contributed by atoms with Gasteiger partial charge in [-0.15, -0.1) is 0 Å². The van der Waals surface area contributed by atoms with E-state index >= 15 is 0 Å². The molecular weight excluding hydrogens is 216 g/mol. The zero-order valence-corrected chi connectivity index (χ0v) is 11.6. The molecule has 0 heteroatoms. The Morgan fingerprint density at radius 2 is 1.22 bits per heavy atom. The highest BCUT2D eigenvalue weighted by Crippen LogP contribution is 2.34. The van der Waals surface area contributed by atoms with Crippen molar-refractivity contribution < 1.29 is 0 Å². The highest BCUT2D eigenvalue weighted by Gasteiger charge is 2.24. The Morgan fingerprint density at radius 3 is 1.72 bits per heavy atom. The van der Waals surface area contributed by atoms with Crippen molar-refractivity contribution in [2.24, 2.45) is 17.8 Å². The van der Waals surface area contributed by atoms with Crippen LogP contribution < -0.4 is 0 Å². The average Bonchev–Trinajstić information content (AvgIpc) is 3.06. The fourth-order valence-corrected chi connectivity index (χ4v) is 3.09. The van der Waals surface area contributed by atoms with Crippen LogP contribution in [0.1, 0.15) is 45.4 Å². The maximum absolute atomic E-state index is 2.37. The van der Waals surface area contributed by atoms with E-state index in [-0.39, 0.29) is 0 Å². The lowest BCUT2D eigenvalue weighted by Crippen LogP contribution is -2.17. The smallest absolute Gasteiger partial charge is 0.00103 e. The van der Waals surface area contributed by atoms with Crippen LogP contribution >= 0.6 is 0 Å². The van der Waals surface area contributed by atoms with Gasteiger partial charge < -0.3 is 0 Å². The van der Waals surface area contributed by atoms with E-state index in [1.54, 1.807) is 0 Å². The number of hydrogen-bond acceptors (Lipinski definition) is 0. The molecule has 0 saturated carbocycles. The van der Waals surface area contributed by atoms with Gasteiger partial charge in [-0.25, -0.2) is 0 Å².